The molecule has 0 aliphatic carbocycles. The fraction of sp³-hybridized carbons (Fsp3) is 0.625. The lowest BCUT2D eigenvalue weighted by molar-refractivity contribution is 0.0651. The number of methoxy groups -OCH3 is 1. The SMILES string of the molecule is COc1ccc(C2CNC(C(C)(C)C)CCO2)cc1F. The van der Waals surface area contributed by atoms with E-state index in [-0.39, 0.29) is 23.1 Å². The molecule has 0 saturated carbocycles. The Bertz CT molecular complexity index is 456. The number of benzene rings is 1. The highest BCUT2D eigenvalue weighted by Gasteiger charge is 2.28. The summed E-state index contributed by atoms with van der Waals surface area (Å²) in [4.78, 5) is 0. The smallest absolute Gasteiger partial charge is 0.165 e. The van der Waals surface area contributed by atoms with E-state index >= 15 is 0 Å². The van der Waals surface area contributed by atoms with Gasteiger partial charge in [0.2, 0.25) is 0 Å². The number of nitrogens with one attached hydrogen (secondary N) is 1. The Hall–Kier alpha value is -1.13. The monoisotopic (exact) mass is 281 g/mol. The van der Waals surface area contributed by atoms with E-state index in [1.54, 1.807) is 6.07 Å². The molecule has 0 aromatic heterocycles. The molecule has 0 amide bonds. The molecular weight excluding hydrogens is 257 g/mol. The van der Waals surface area contributed by atoms with Gasteiger partial charge in [-0.25, -0.2) is 4.39 Å². The zero-order valence-electron chi connectivity index (χ0n) is 12.7. The van der Waals surface area contributed by atoms with Crippen LogP contribution in [-0.4, -0.2) is 26.3 Å². The van der Waals surface area contributed by atoms with Gasteiger partial charge in [-0.05, 0) is 29.5 Å². The average molecular weight is 281 g/mol. The zero-order valence-corrected chi connectivity index (χ0v) is 12.7. The molecule has 0 bridgehead atoms. The van der Waals surface area contributed by atoms with Crippen LogP contribution < -0.4 is 10.1 Å². The normalized spacial score (nSPS) is 24.2. The third-order valence-electron chi connectivity index (χ3n) is 3.87. The van der Waals surface area contributed by atoms with Crippen LogP contribution in [0.15, 0.2) is 18.2 Å². The van der Waals surface area contributed by atoms with Crippen molar-refractivity contribution in [3.8, 4) is 5.75 Å². The second-order valence-electron chi connectivity index (χ2n) is 6.37. The van der Waals surface area contributed by atoms with Crippen molar-refractivity contribution in [1.29, 1.82) is 0 Å². The molecule has 3 nitrogen and oxygen atoms in total. The number of ether oxygens (including phenoxy) is 2. The lowest BCUT2D eigenvalue weighted by Gasteiger charge is -2.30. The third kappa shape index (κ3) is 3.49. The van der Waals surface area contributed by atoms with Crippen LogP contribution in [0, 0.1) is 11.2 Å². The van der Waals surface area contributed by atoms with Crippen LogP contribution in [0.2, 0.25) is 0 Å². The molecule has 2 rings (SSSR count). The Balaban J connectivity index is 2.09. The van der Waals surface area contributed by atoms with E-state index < -0.39 is 0 Å². The average Bonchev–Trinajstić information content (AvgIpc) is 2.63. The van der Waals surface area contributed by atoms with Crippen molar-refractivity contribution in [3.63, 3.8) is 0 Å². The standard InChI is InChI=1S/C16H24FNO2/c1-16(2,3)15-7-8-20-14(10-18-15)11-5-6-13(19-4)12(17)9-11/h5-6,9,14-15,18H,7-8,10H2,1-4H3. The fourth-order valence-corrected chi connectivity index (χ4v) is 2.57. The summed E-state index contributed by atoms with van der Waals surface area (Å²) in [6, 6.07) is 5.43. The maximum absolute atomic E-state index is 13.8. The number of hydrogen-bond acceptors (Lipinski definition) is 3. The second kappa shape index (κ2) is 6.10. The maximum atomic E-state index is 13.8. The van der Waals surface area contributed by atoms with E-state index in [0.717, 1.165) is 12.0 Å². The molecule has 1 aliphatic heterocycles. The van der Waals surface area contributed by atoms with Crippen LogP contribution >= 0.6 is 0 Å². The molecule has 0 spiro atoms. The molecule has 2 unspecified atom stereocenters. The van der Waals surface area contributed by atoms with Crippen LogP contribution in [0.25, 0.3) is 0 Å². The first-order valence-corrected chi connectivity index (χ1v) is 7.10. The zero-order chi connectivity index (χ0) is 14.8. The van der Waals surface area contributed by atoms with Gasteiger partial charge in [-0.15, -0.1) is 0 Å². The molecule has 2 atom stereocenters. The first-order valence-electron chi connectivity index (χ1n) is 7.10. The molecule has 1 fully saturated rings. The van der Waals surface area contributed by atoms with Crippen LogP contribution in [0.1, 0.15) is 38.9 Å². The molecule has 1 N–H and O–H groups in total. The van der Waals surface area contributed by atoms with Crippen LogP contribution in [0.5, 0.6) is 5.75 Å². The summed E-state index contributed by atoms with van der Waals surface area (Å²) >= 11 is 0. The molecular formula is C16H24FNO2. The van der Waals surface area contributed by atoms with Gasteiger partial charge in [0.15, 0.2) is 11.6 Å². The van der Waals surface area contributed by atoms with Gasteiger partial charge in [0.1, 0.15) is 0 Å². The van der Waals surface area contributed by atoms with Crippen molar-refractivity contribution in [2.75, 3.05) is 20.3 Å². The summed E-state index contributed by atoms with van der Waals surface area (Å²) in [5.74, 6) is -0.0758. The Kier molecular flexibility index (Phi) is 4.66. The molecule has 112 valence electrons. The summed E-state index contributed by atoms with van der Waals surface area (Å²) in [6.07, 6.45) is 0.862. The van der Waals surface area contributed by atoms with Crippen molar-refractivity contribution in [3.05, 3.63) is 29.6 Å². The van der Waals surface area contributed by atoms with E-state index in [1.165, 1.54) is 13.2 Å². The molecule has 0 radical (unpaired) electrons. The summed E-state index contributed by atoms with van der Waals surface area (Å²) in [7, 11) is 1.47. The molecule has 1 heterocycles. The van der Waals surface area contributed by atoms with Crippen molar-refractivity contribution >= 4 is 0 Å². The summed E-state index contributed by atoms with van der Waals surface area (Å²) < 4.78 is 24.6. The van der Waals surface area contributed by atoms with Gasteiger partial charge < -0.3 is 14.8 Å². The third-order valence-corrected chi connectivity index (χ3v) is 3.87. The van der Waals surface area contributed by atoms with Gasteiger partial charge in [0.05, 0.1) is 13.2 Å². The predicted molar refractivity (Wildman–Crippen MR) is 77.5 cm³/mol. The lowest BCUT2D eigenvalue weighted by Crippen LogP contribution is -2.40. The molecule has 1 saturated heterocycles. The molecule has 1 aliphatic rings. The van der Waals surface area contributed by atoms with Crippen molar-refractivity contribution in [2.24, 2.45) is 5.41 Å². The Morgan fingerprint density at radius 3 is 2.70 bits per heavy atom. The molecule has 1 aromatic rings. The summed E-state index contributed by atoms with van der Waals surface area (Å²) in [5, 5.41) is 3.54. The van der Waals surface area contributed by atoms with Crippen LogP contribution in [0.3, 0.4) is 0 Å². The van der Waals surface area contributed by atoms with E-state index in [4.69, 9.17) is 9.47 Å². The van der Waals surface area contributed by atoms with E-state index in [9.17, 15) is 4.39 Å². The van der Waals surface area contributed by atoms with Crippen molar-refractivity contribution < 1.29 is 13.9 Å². The highest BCUT2D eigenvalue weighted by molar-refractivity contribution is 5.30. The number of rotatable bonds is 2. The van der Waals surface area contributed by atoms with Gasteiger partial charge >= 0.3 is 0 Å². The Morgan fingerprint density at radius 1 is 1.35 bits per heavy atom. The van der Waals surface area contributed by atoms with Gasteiger partial charge in [-0.1, -0.05) is 26.8 Å². The van der Waals surface area contributed by atoms with Gasteiger partial charge in [0.25, 0.3) is 0 Å². The number of hydrogen-bond donors (Lipinski definition) is 1. The molecule has 20 heavy (non-hydrogen) atoms. The number of halogens is 1. The van der Waals surface area contributed by atoms with Gasteiger partial charge in [-0.3, -0.25) is 0 Å². The summed E-state index contributed by atoms with van der Waals surface area (Å²) in [5.41, 5.74) is 1.05. The van der Waals surface area contributed by atoms with E-state index in [1.807, 2.05) is 6.07 Å². The highest BCUT2D eigenvalue weighted by atomic mass is 19.1. The van der Waals surface area contributed by atoms with Gasteiger partial charge in [-0.2, -0.15) is 0 Å². The van der Waals surface area contributed by atoms with Crippen molar-refractivity contribution in [2.45, 2.75) is 39.3 Å². The first kappa shape index (κ1) is 15.3. The predicted octanol–water partition coefficient (Wildman–Crippen LogP) is 3.30. The molecule has 4 heteroatoms. The van der Waals surface area contributed by atoms with E-state index in [2.05, 4.69) is 26.1 Å². The van der Waals surface area contributed by atoms with Crippen LogP contribution in [-0.2, 0) is 4.74 Å². The first-order chi connectivity index (χ1) is 9.41. The highest BCUT2D eigenvalue weighted by Crippen LogP contribution is 2.28. The molecule has 1 aromatic carbocycles. The largest absolute Gasteiger partial charge is 0.494 e. The van der Waals surface area contributed by atoms with Crippen molar-refractivity contribution in [1.82, 2.24) is 5.32 Å². The minimum absolute atomic E-state index is 0.109. The summed E-state index contributed by atoms with van der Waals surface area (Å²) in [6.45, 7) is 8.05. The fourth-order valence-electron chi connectivity index (χ4n) is 2.57. The van der Waals surface area contributed by atoms with Crippen LogP contribution in [0.4, 0.5) is 4.39 Å². The minimum atomic E-state index is -0.342. The Labute approximate surface area is 120 Å². The Morgan fingerprint density at radius 2 is 2.10 bits per heavy atom. The van der Waals surface area contributed by atoms with Gasteiger partial charge in [0, 0.05) is 19.2 Å². The maximum Gasteiger partial charge on any atom is 0.165 e. The lowest BCUT2D eigenvalue weighted by atomic mass is 9.85. The van der Waals surface area contributed by atoms with E-state index in [0.29, 0.717) is 19.2 Å². The minimum Gasteiger partial charge on any atom is -0.494 e. The second-order valence-corrected chi connectivity index (χ2v) is 6.37. The quantitative estimate of drug-likeness (QED) is 0.902. The topological polar surface area (TPSA) is 30.5 Å².